The van der Waals surface area contributed by atoms with Crippen LogP contribution in [0.2, 0.25) is 0 Å². The summed E-state index contributed by atoms with van der Waals surface area (Å²) in [4.78, 5) is 35.4. The molecule has 0 radical (unpaired) electrons. The summed E-state index contributed by atoms with van der Waals surface area (Å²) < 4.78 is 5.52. The Labute approximate surface area is 194 Å². The van der Waals surface area contributed by atoms with Crippen molar-refractivity contribution in [3.05, 3.63) is 89.5 Å². The lowest BCUT2D eigenvalue weighted by Gasteiger charge is -2.23. The summed E-state index contributed by atoms with van der Waals surface area (Å²) in [5, 5.41) is 21.3. The number of aromatic hydroxyl groups is 1. The zero-order valence-electron chi connectivity index (χ0n) is 18.2. The first-order valence-electron chi connectivity index (χ1n) is 10.8. The summed E-state index contributed by atoms with van der Waals surface area (Å²) in [7, 11) is 0. The van der Waals surface area contributed by atoms with Gasteiger partial charge in [-0.3, -0.25) is 14.5 Å². The SMILES string of the molecule is CCOc1cc(C2/C(=C(\O)c3ccccc3)C(=O)C(=O)N2c2nc3ccccc3[nH]2)ccc1O. The number of imidazole rings is 1. The zero-order chi connectivity index (χ0) is 23.8. The van der Waals surface area contributed by atoms with Crippen molar-refractivity contribution in [2.45, 2.75) is 13.0 Å². The number of phenolic OH excluding ortho intramolecular Hbond substituents is 1. The molecule has 1 fully saturated rings. The minimum atomic E-state index is -0.999. The molecule has 1 saturated heterocycles. The summed E-state index contributed by atoms with van der Waals surface area (Å²) in [6.45, 7) is 2.09. The molecule has 34 heavy (non-hydrogen) atoms. The highest BCUT2D eigenvalue weighted by Gasteiger charge is 2.48. The van der Waals surface area contributed by atoms with E-state index in [4.69, 9.17) is 4.74 Å². The Morgan fingerprint density at radius 3 is 2.53 bits per heavy atom. The van der Waals surface area contributed by atoms with E-state index >= 15 is 0 Å². The lowest BCUT2D eigenvalue weighted by Crippen LogP contribution is -2.30. The molecule has 1 aromatic heterocycles. The lowest BCUT2D eigenvalue weighted by molar-refractivity contribution is -0.132. The largest absolute Gasteiger partial charge is 0.507 e. The van der Waals surface area contributed by atoms with Crippen molar-refractivity contribution in [3.63, 3.8) is 0 Å². The molecular formula is C26H21N3O5. The van der Waals surface area contributed by atoms with Gasteiger partial charge in [-0.2, -0.15) is 0 Å². The molecule has 1 aliphatic heterocycles. The molecule has 1 unspecified atom stereocenters. The first-order chi connectivity index (χ1) is 16.5. The van der Waals surface area contributed by atoms with Gasteiger partial charge in [0.2, 0.25) is 5.95 Å². The third kappa shape index (κ3) is 3.45. The lowest BCUT2D eigenvalue weighted by atomic mass is 9.95. The molecule has 0 bridgehead atoms. The van der Waals surface area contributed by atoms with Gasteiger partial charge in [-0.1, -0.05) is 48.5 Å². The maximum Gasteiger partial charge on any atom is 0.302 e. The number of benzene rings is 3. The number of aromatic amines is 1. The molecule has 1 aliphatic rings. The maximum atomic E-state index is 13.3. The molecule has 1 atom stereocenters. The van der Waals surface area contributed by atoms with Crippen molar-refractivity contribution < 1.29 is 24.5 Å². The van der Waals surface area contributed by atoms with Gasteiger partial charge >= 0.3 is 5.91 Å². The molecule has 3 aromatic carbocycles. The van der Waals surface area contributed by atoms with Gasteiger partial charge in [0.15, 0.2) is 11.5 Å². The molecule has 0 saturated carbocycles. The molecule has 8 nitrogen and oxygen atoms in total. The van der Waals surface area contributed by atoms with Crippen molar-refractivity contribution in [2.75, 3.05) is 11.5 Å². The normalized spacial score (nSPS) is 17.4. The fourth-order valence-corrected chi connectivity index (χ4v) is 4.14. The Kier molecular flexibility index (Phi) is 5.25. The number of carbonyl (C=O) groups is 2. The Bertz CT molecular complexity index is 1410. The summed E-state index contributed by atoms with van der Waals surface area (Å²) >= 11 is 0. The maximum absolute atomic E-state index is 13.3. The number of para-hydroxylation sites is 2. The number of ether oxygens (including phenoxy) is 1. The fourth-order valence-electron chi connectivity index (χ4n) is 4.14. The average molecular weight is 455 g/mol. The number of anilines is 1. The number of H-pyrrole nitrogens is 1. The molecule has 8 heteroatoms. The molecule has 0 spiro atoms. The number of rotatable bonds is 5. The smallest absolute Gasteiger partial charge is 0.302 e. The number of nitrogens with one attached hydrogen (secondary N) is 1. The second-order valence-electron chi connectivity index (χ2n) is 7.77. The number of hydrogen-bond donors (Lipinski definition) is 3. The quantitative estimate of drug-likeness (QED) is 0.235. The molecule has 0 aliphatic carbocycles. The number of fused-ring (bicyclic) bond motifs is 1. The zero-order valence-corrected chi connectivity index (χ0v) is 18.2. The predicted molar refractivity (Wildman–Crippen MR) is 127 cm³/mol. The van der Waals surface area contributed by atoms with E-state index in [0.29, 0.717) is 28.8 Å². The van der Waals surface area contributed by atoms with Crippen LogP contribution in [0.1, 0.15) is 24.1 Å². The van der Waals surface area contributed by atoms with Crippen LogP contribution in [-0.2, 0) is 9.59 Å². The van der Waals surface area contributed by atoms with Crippen LogP contribution in [0.25, 0.3) is 16.8 Å². The molecule has 1 amide bonds. The van der Waals surface area contributed by atoms with E-state index < -0.39 is 17.7 Å². The monoisotopic (exact) mass is 455 g/mol. The number of Topliss-reactive ketones (excluding diaryl/α,β-unsaturated/α-hetero) is 1. The Morgan fingerprint density at radius 2 is 1.79 bits per heavy atom. The van der Waals surface area contributed by atoms with Crippen LogP contribution in [0.5, 0.6) is 11.5 Å². The number of amides is 1. The van der Waals surface area contributed by atoms with Gasteiger partial charge < -0.3 is 19.9 Å². The Morgan fingerprint density at radius 1 is 1.06 bits per heavy atom. The van der Waals surface area contributed by atoms with Gasteiger partial charge in [0.1, 0.15) is 5.76 Å². The second kappa shape index (κ2) is 8.40. The van der Waals surface area contributed by atoms with Crippen LogP contribution >= 0.6 is 0 Å². The van der Waals surface area contributed by atoms with E-state index in [9.17, 15) is 19.8 Å². The van der Waals surface area contributed by atoms with Crippen molar-refractivity contribution in [1.82, 2.24) is 9.97 Å². The van der Waals surface area contributed by atoms with E-state index in [1.807, 2.05) is 18.2 Å². The molecule has 4 aromatic rings. The van der Waals surface area contributed by atoms with Crippen molar-refractivity contribution in [2.24, 2.45) is 0 Å². The van der Waals surface area contributed by atoms with Gasteiger partial charge in [-0.25, -0.2) is 4.98 Å². The minimum Gasteiger partial charge on any atom is -0.507 e. The molecular weight excluding hydrogens is 434 g/mol. The Hall–Kier alpha value is -4.59. The Balaban J connectivity index is 1.74. The van der Waals surface area contributed by atoms with E-state index in [1.54, 1.807) is 55.5 Å². The van der Waals surface area contributed by atoms with Gasteiger partial charge in [0.25, 0.3) is 5.78 Å². The third-order valence-electron chi connectivity index (χ3n) is 5.70. The average Bonchev–Trinajstić information content (AvgIpc) is 3.39. The first kappa shape index (κ1) is 21.3. The highest BCUT2D eigenvalue weighted by Crippen LogP contribution is 2.43. The van der Waals surface area contributed by atoms with Gasteiger partial charge in [-0.15, -0.1) is 0 Å². The summed E-state index contributed by atoms with van der Waals surface area (Å²) in [6.07, 6.45) is 0. The summed E-state index contributed by atoms with van der Waals surface area (Å²) in [6, 6.07) is 19.4. The van der Waals surface area contributed by atoms with E-state index in [2.05, 4.69) is 9.97 Å². The topological polar surface area (TPSA) is 116 Å². The number of hydrogen-bond acceptors (Lipinski definition) is 6. The number of ketones is 1. The number of aliphatic hydroxyl groups is 1. The third-order valence-corrected chi connectivity index (χ3v) is 5.70. The number of carbonyl (C=O) groups excluding carboxylic acids is 2. The predicted octanol–water partition coefficient (Wildman–Crippen LogP) is 4.29. The summed E-state index contributed by atoms with van der Waals surface area (Å²) in [5.41, 5.74) is 2.12. The first-order valence-corrected chi connectivity index (χ1v) is 10.8. The van der Waals surface area contributed by atoms with Gasteiger partial charge in [0.05, 0.1) is 29.3 Å². The van der Waals surface area contributed by atoms with Crippen LogP contribution in [0.3, 0.4) is 0 Å². The van der Waals surface area contributed by atoms with Crippen molar-refractivity contribution in [3.8, 4) is 11.5 Å². The molecule has 170 valence electrons. The van der Waals surface area contributed by atoms with Crippen LogP contribution in [-0.4, -0.2) is 38.5 Å². The highest BCUT2D eigenvalue weighted by molar-refractivity contribution is 6.51. The standard InChI is InChI=1S/C26H21N3O5/c1-2-34-20-14-16(12-13-19(20)30)22-21(23(31)15-8-4-3-5-9-15)24(32)25(33)29(22)26-27-17-10-6-7-11-18(17)28-26/h3-14,22,30-31H,2H2,1H3,(H,27,28)/b23-21+. The second-order valence-corrected chi connectivity index (χ2v) is 7.77. The van der Waals surface area contributed by atoms with Crippen LogP contribution in [0, 0.1) is 0 Å². The highest BCUT2D eigenvalue weighted by atomic mass is 16.5. The number of phenols is 1. The number of aliphatic hydroxyl groups excluding tert-OH is 1. The van der Waals surface area contributed by atoms with Crippen molar-refractivity contribution >= 4 is 34.4 Å². The molecule has 2 heterocycles. The van der Waals surface area contributed by atoms with Crippen LogP contribution in [0.4, 0.5) is 5.95 Å². The van der Waals surface area contributed by atoms with E-state index in [1.165, 1.54) is 11.0 Å². The fraction of sp³-hybridized carbons (Fsp3) is 0.115. The van der Waals surface area contributed by atoms with Crippen LogP contribution in [0.15, 0.2) is 78.4 Å². The van der Waals surface area contributed by atoms with E-state index in [0.717, 1.165) is 0 Å². The minimum absolute atomic E-state index is 0.0747. The molecule has 5 rings (SSSR count). The number of nitrogens with zero attached hydrogens (tertiary/aromatic N) is 2. The summed E-state index contributed by atoms with van der Waals surface area (Å²) in [5.74, 6) is -1.66. The van der Waals surface area contributed by atoms with Gasteiger partial charge in [-0.05, 0) is 36.8 Å². The van der Waals surface area contributed by atoms with E-state index in [-0.39, 0.29) is 28.8 Å². The van der Waals surface area contributed by atoms with Crippen LogP contribution < -0.4 is 9.64 Å². The molecule has 3 N–H and O–H groups in total. The van der Waals surface area contributed by atoms with Crippen molar-refractivity contribution in [1.29, 1.82) is 0 Å². The van der Waals surface area contributed by atoms with Gasteiger partial charge in [0, 0.05) is 5.56 Å². The number of aromatic nitrogens is 2.